The van der Waals surface area contributed by atoms with Crippen molar-refractivity contribution in [3.63, 3.8) is 0 Å². The summed E-state index contributed by atoms with van der Waals surface area (Å²) in [5.74, 6) is 0.857. The number of hydrogen-bond acceptors (Lipinski definition) is 3. The lowest BCUT2D eigenvalue weighted by Crippen LogP contribution is -2.24. The van der Waals surface area contributed by atoms with Crippen molar-refractivity contribution in [2.75, 3.05) is 26.7 Å². The van der Waals surface area contributed by atoms with Crippen LogP contribution in [0.2, 0.25) is 0 Å². The van der Waals surface area contributed by atoms with Crippen LogP contribution in [0.3, 0.4) is 0 Å². The Bertz CT molecular complexity index is 321. The molecule has 1 aliphatic heterocycles. The molecule has 1 saturated heterocycles. The van der Waals surface area contributed by atoms with Gasteiger partial charge in [0.1, 0.15) is 0 Å². The average molecular weight is 238 g/mol. The van der Waals surface area contributed by atoms with E-state index in [9.17, 15) is 0 Å². The molecule has 1 atom stereocenters. The van der Waals surface area contributed by atoms with Gasteiger partial charge >= 0.3 is 0 Å². The van der Waals surface area contributed by atoms with Gasteiger partial charge in [-0.3, -0.25) is 4.90 Å². The van der Waals surface area contributed by atoms with Gasteiger partial charge in [-0.15, -0.1) is 11.3 Å². The quantitative estimate of drug-likeness (QED) is 0.847. The molecule has 1 N–H and O–H groups in total. The van der Waals surface area contributed by atoms with Crippen molar-refractivity contribution < 1.29 is 0 Å². The molecule has 0 bridgehead atoms. The Balaban J connectivity index is 1.82. The highest BCUT2D eigenvalue weighted by Gasteiger charge is 2.21. The van der Waals surface area contributed by atoms with E-state index in [1.54, 1.807) is 0 Å². The number of rotatable bonds is 5. The Morgan fingerprint density at radius 1 is 1.44 bits per heavy atom. The summed E-state index contributed by atoms with van der Waals surface area (Å²) >= 11 is 1.98. The summed E-state index contributed by atoms with van der Waals surface area (Å²) in [5, 5.41) is 3.28. The van der Waals surface area contributed by atoms with Crippen molar-refractivity contribution in [2.45, 2.75) is 26.3 Å². The number of thiophene rings is 1. The fourth-order valence-corrected chi connectivity index (χ4v) is 3.43. The summed E-state index contributed by atoms with van der Waals surface area (Å²) in [5.41, 5.74) is 0. The van der Waals surface area contributed by atoms with Crippen LogP contribution in [0, 0.1) is 5.92 Å². The summed E-state index contributed by atoms with van der Waals surface area (Å²) in [6.45, 7) is 7.09. The lowest BCUT2D eigenvalue weighted by molar-refractivity contribution is 0.318. The van der Waals surface area contributed by atoms with Crippen molar-refractivity contribution in [2.24, 2.45) is 5.92 Å². The normalized spacial score (nSPS) is 21.8. The van der Waals surface area contributed by atoms with Gasteiger partial charge in [-0.25, -0.2) is 0 Å². The molecule has 0 amide bonds. The molecule has 2 heterocycles. The summed E-state index contributed by atoms with van der Waals surface area (Å²) in [6, 6.07) is 4.58. The van der Waals surface area contributed by atoms with E-state index >= 15 is 0 Å². The molecule has 1 fully saturated rings. The molecule has 1 aromatic heterocycles. The molecule has 2 nitrogen and oxygen atoms in total. The third-order valence-electron chi connectivity index (χ3n) is 3.31. The van der Waals surface area contributed by atoms with Gasteiger partial charge in [0.05, 0.1) is 0 Å². The molecule has 0 aromatic carbocycles. The van der Waals surface area contributed by atoms with E-state index in [4.69, 9.17) is 0 Å². The zero-order valence-corrected chi connectivity index (χ0v) is 11.1. The van der Waals surface area contributed by atoms with Gasteiger partial charge < -0.3 is 5.32 Å². The lowest BCUT2D eigenvalue weighted by Gasteiger charge is -2.14. The van der Waals surface area contributed by atoms with Crippen LogP contribution in [-0.4, -0.2) is 31.6 Å². The first-order valence-electron chi connectivity index (χ1n) is 6.26. The summed E-state index contributed by atoms with van der Waals surface area (Å²) in [4.78, 5) is 5.63. The molecule has 2 rings (SSSR count). The van der Waals surface area contributed by atoms with E-state index in [-0.39, 0.29) is 0 Å². The second kappa shape index (κ2) is 5.80. The first-order valence-corrected chi connectivity index (χ1v) is 7.08. The highest BCUT2D eigenvalue weighted by Crippen LogP contribution is 2.22. The summed E-state index contributed by atoms with van der Waals surface area (Å²) < 4.78 is 0. The van der Waals surface area contributed by atoms with E-state index in [2.05, 4.69) is 36.3 Å². The molecule has 0 aliphatic carbocycles. The maximum Gasteiger partial charge on any atom is 0.0328 e. The Morgan fingerprint density at radius 3 is 2.94 bits per heavy atom. The van der Waals surface area contributed by atoms with E-state index in [0.29, 0.717) is 0 Å². The number of nitrogens with zero attached hydrogens (tertiary/aromatic N) is 1. The summed E-state index contributed by atoms with van der Waals surface area (Å²) in [6.07, 6.45) is 2.53. The third kappa shape index (κ3) is 3.06. The van der Waals surface area contributed by atoms with E-state index in [1.807, 2.05) is 11.3 Å². The minimum atomic E-state index is 0.857. The smallest absolute Gasteiger partial charge is 0.0328 e. The second-order valence-corrected chi connectivity index (χ2v) is 5.92. The molecule has 1 aromatic rings. The zero-order chi connectivity index (χ0) is 11.4. The largest absolute Gasteiger partial charge is 0.319 e. The van der Waals surface area contributed by atoms with Gasteiger partial charge in [-0.2, -0.15) is 0 Å². The van der Waals surface area contributed by atoms with Gasteiger partial charge in [-0.1, -0.05) is 6.92 Å². The van der Waals surface area contributed by atoms with Crippen molar-refractivity contribution in [1.29, 1.82) is 0 Å². The van der Waals surface area contributed by atoms with Gasteiger partial charge in [-0.05, 0) is 51.0 Å². The fraction of sp³-hybridized carbons (Fsp3) is 0.692. The predicted octanol–water partition coefficient (Wildman–Crippen LogP) is 2.35. The molecule has 1 unspecified atom stereocenters. The average Bonchev–Trinajstić information content (AvgIpc) is 2.89. The maximum atomic E-state index is 3.28. The number of likely N-dealkylation sites (tertiary alicyclic amines) is 1. The van der Waals surface area contributed by atoms with Crippen LogP contribution < -0.4 is 5.32 Å². The molecule has 16 heavy (non-hydrogen) atoms. The number of hydrogen-bond donors (Lipinski definition) is 1. The fourth-order valence-electron chi connectivity index (χ4n) is 2.43. The van der Waals surface area contributed by atoms with E-state index in [1.165, 1.54) is 42.2 Å². The van der Waals surface area contributed by atoms with Crippen molar-refractivity contribution >= 4 is 11.3 Å². The van der Waals surface area contributed by atoms with Crippen molar-refractivity contribution in [3.8, 4) is 0 Å². The van der Waals surface area contributed by atoms with E-state index < -0.39 is 0 Å². The highest BCUT2D eigenvalue weighted by atomic mass is 32.1. The van der Waals surface area contributed by atoms with Crippen LogP contribution in [0.15, 0.2) is 12.1 Å². The monoisotopic (exact) mass is 238 g/mol. The Kier molecular flexibility index (Phi) is 4.38. The van der Waals surface area contributed by atoms with Crippen LogP contribution in [-0.2, 0) is 13.0 Å². The van der Waals surface area contributed by atoms with Gasteiger partial charge in [0.25, 0.3) is 0 Å². The molecule has 0 saturated carbocycles. The minimum absolute atomic E-state index is 0.857. The van der Waals surface area contributed by atoms with Gasteiger partial charge in [0, 0.05) is 22.8 Å². The molecule has 90 valence electrons. The SMILES string of the molecule is CCc1ccc(CN2CCC(CNC)C2)s1. The van der Waals surface area contributed by atoms with E-state index in [0.717, 1.165) is 12.5 Å². The lowest BCUT2D eigenvalue weighted by atomic mass is 10.1. The molecular formula is C13H22N2S. The predicted molar refractivity (Wildman–Crippen MR) is 71.0 cm³/mol. The Hall–Kier alpha value is -0.380. The highest BCUT2D eigenvalue weighted by molar-refractivity contribution is 7.11. The maximum absolute atomic E-state index is 3.28. The van der Waals surface area contributed by atoms with Crippen LogP contribution >= 0.6 is 11.3 Å². The van der Waals surface area contributed by atoms with Gasteiger partial charge in [0.2, 0.25) is 0 Å². The van der Waals surface area contributed by atoms with Crippen LogP contribution in [0.1, 0.15) is 23.1 Å². The zero-order valence-electron chi connectivity index (χ0n) is 10.3. The molecule has 0 radical (unpaired) electrons. The standard InChI is InChI=1S/C13H22N2S/c1-3-12-4-5-13(16-12)10-15-7-6-11(9-15)8-14-2/h4-5,11,14H,3,6-10H2,1-2H3. The molecule has 1 aliphatic rings. The Labute approximate surface area is 103 Å². The topological polar surface area (TPSA) is 15.3 Å². The van der Waals surface area contributed by atoms with Gasteiger partial charge in [0.15, 0.2) is 0 Å². The number of nitrogens with one attached hydrogen (secondary N) is 1. The van der Waals surface area contributed by atoms with Crippen LogP contribution in [0.5, 0.6) is 0 Å². The van der Waals surface area contributed by atoms with Crippen LogP contribution in [0.25, 0.3) is 0 Å². The number of aryl methyl sites for hydroxylation is 1. The summed E-state index contributed by atoms with van der Waals surface area (Å²) in [7, 11) is 2.05. The Morgan fingerprint density at radius 2 is 2.25 bits per heavy atom. The molecule has 0 spiro atoms. The first kappa shape index (κ1) is 12.1. The second-order valence-electron chi connectivity index (χ2n) is 4.67. The van der Waals surface area contributed by atoms with Crippen molar-refractivity contribution in [1.82, 2.24) is 10.2 Å². The van der Waals surface area contributed by atoms with Crippen LogP contribution in [0.4, 0.5) is 0 Å². The minimum Gasteiger partial charge on any atom is -0.319 e. The van der Waals surface area contributed by atoms with Crippen molar-refractivity contribution in [3.05, 3.63) is 21.9 Å². The third-order valence-corrected chi connectivity index (χ3v) is 4.52. The molecule has 3 heteroatoms. The molecular weight excluding hydrogens is 216 g/mol. The first-order chi connectivity index (χ1) is 7.81.